The van der Waals surface area contributed by atoms with Crippen LogP contribution < -0.4 is 14.8 Å². The van der Waals surface area contributed by atoms with Crippen LogP contribution in [0.1, 0.15) is 24.1 Å². The normalized spacial score (nSPS) is 12.1. The zero-order chi connectivity index (χ0) is 13.0. The number of likely N-dealkylation sites (N-methyl/N-ethyl adjacent to an activating group) is 1. The zero-order valence-corrected chi connectivity index (χ0v) is 11.0. The molecule has 17 heavy (non-hydrogen) atoms. The minimum Gasteiger partial charge on any atom is -0.496 e. The molecule has 0 aromatic heterocycles. The van der Waals surface area contributed by atoms with Gasteiger partial charge in [0.15, 0.2) is 5.78 Å². The van der Waals surface area contributed by atoms with Crippen LogP contribution in [-0.2, 0) is 4.79 Å². The fourth-order valence-corrected chi connectivity index (χ4v) is 1.99. The first-order valence-corrected chi connectivity index (χ1v) is 5.46. The molecular formula is C13H19NO3. The number of nitrogens with one attached hydrogen (secondary N) is 1. The van der Waals surface area contributed by atoms with Gasteiger partial charge in [-0.1, -0.05) is 0 Å². The van der Waals surface area contributed by atoms with Crippen molar-refractivity contribution in [3.05, 3.63) is 23.3 Å². The molecule has 0 aliphatic rings. The Balaban J connectivity index is 3.33. The lowest BCUT2D eigenvalue weighted by Crippen LogP contribution is -2.24. The summed E-state index contributed by atoms with van der Waals surface area (Å²) in [4.78, 5) is 11.6. The first kappa shape index (κ1) is 13.5. The fourth-order valence-electron chi connectivity index (χ4n) is 1.99. The third-order valence-electron chi connectivity index (χ3n) is 2.82. The van der Waals surface area contributed by atoms with Crippen LogP contribution in [0, 0.1) is 6.92 Å². The summed E-state index contributed by atoms with van der Waals surface area (Å²) in [6, 6.07) is 3.35. The van der Waals surface area contributed by atoms with E-state index in [1.807, 2.05) is 19.1 Å². The summed E-state index contributed by atoms with van der Waals surface area (Å²) >= 11 is 0. The first-order valence-electron chi connectivity index (χ1n) is 5.46. The van der Waals surface area contributed by atoms with Crippen molar-refractivity contribution in [2.24, 2.45) is 0 Å². The van der Waals surface area contributed by atoms with E-state index in [4.69, 9.17) is 9.47 Å². The number of hydrogen-bond donors (Lipinski definition) is 1. The molecule has 0 fully saturated rings. The van der Waals surface area contributed by atoms with Crippen molar-refractivity contribution in [2.75, 3.05) is 21.3 Å². The first-order chi connectivity index (χ1) is 8.06. The molecule has 1 aromatic carbocycles. The monoisotopic (exact) mass is 237 g/mol. The number of hydrogen-bond acceptors (Lipinski definition) is 4. The maximum absolute atomic E-state index is 11.6. The Labute approximate surface area is 102 Å². The van der Waals surface area contributed by atoms with E-state index in [9.17, 15) is 4.79 Å². The molecular weight excluding hydrogens is 218 g/mol. The van der Waals surface area contributed by atoms with Crippen LogP contribution >= 0.6 is 0 Å². The van der Waals surface area contributed by atoms with E-state index in [1.165, 1.54) is 0 Å². The second kappa shape index (κ2) is 5.68. The number of methoxy groups -OCH3 is 2. The number of ketones is 1. The molecule has 1 aromatic rings. The van der Waals surface area contributed by atoms with Crippen molar-refractivity contribution in [2.45, 2.75) is 19.9 Å². The van der Waals surface area contributed by atoms with Crippen molar-refractivity contribution in [3.8, 4) is 11.5 Å². The maximum atomic E-state index is 11.6. The smallest absolute Gasteiger partial charge is 0.151 e. The van der Waals surface area contributed by atoms with E-state index in [1.54, 1.807) is 28.2 Å². The van der Waals surface area contributed by atoms with Gasteiger partial charge in [-0.15, -0.1) is 0 Å². The molecule has 4 nitrogen and oxygen atoms in total. The van der Waals surface area contributed by atoms with E-state index < -0.39 is 0 Å². The molecule has 0 aliphatic carbocycles. The molecule has 94 valence electrons. The molecule has 0 amide bonds. The third-order valence-corrected chi connectivity index (χ3v) is 2.82. The van der Waals surface area contributed by atoms with E-state index in [-0.39, 0.29) is 11.8 Å². The lowest BCUT2D eigenvalue weighted by atomic mass is 9.99. The molecule has 0 saturated heterocycles. The predicted molar refractivity (Wildman–Crippen MR) is 66.8 cm³/mol. The molecule has 0 saturated carbocycles. The lowest BCUT2D eigenvalue weighted by molar-refractivity contribution is -0.119. The highest BCUT2D eigenvalue weighted by Gasteiger charge is 2.21. The zero-order valence-electron chi connectivity index (χ0n) is 11.0. The molecule has 1 N–H and O–H groups in total. The Morgan fingerprint density at radius 3 is 2.35 bits per heavy atom. The average molecular weight is 237 g/mol. The van der Waals surface area contributed by atoms with Crippen LogP contribution in [0.4, 0.5) is 0 Å². The topological polar surface area (TPSA) is 47.6 Å². The van der Waals surface area contributed by atoms with Crippen LogP contribution in [0.2, 0.25) is 0 Å². The van der Waals surface area contributed by atoms with Crippen LogP contribution in [0.5, 0.6) is 11.5 Å². The molecule has 0 radical (unpaired) electrons. The summed E-state index contributed by atoms with van der Waals surface area (Å²) in [6.07, 6.45) is 0. The molecule has 1 unspecified atom stereocenters. The molecule has 0 spiro atoms. The summed E-state index contributed by atoms with van der Waals surface area (Å²) in [7, 11) is 4.96. The molecule has 4 heteroatoms. The van der Waals surface area contributed by atoms with Gasteiger partial charge in [-0.05, 0) is 33.0 Å². The summed E-state index contributed by atoms with van der Waals surface area (Å²) in [5.74, 6) is 1.50. The van der Waals surface area contributed by atoms with Gasteiger partial charge in [-0.25, -0.2) is 0 Å². The number of carbonyl (C=O) groups is 1. The van der Waals surface area contributed by atoms with Gasteiger partial charge < -0.3 is 14.8 Å². The Hall–Kier alpha value is -1.55. The molecule has 1 rings (SSSR count). The maximum Gasteiger partial charge on any atom is 0.151 e. The Bertz CT molecular complexity index is 415. The van der Waals surface area contributed by atoms with Gasteiger partial charge in [-0.3, -0.25) is 4.79 Å². The van der Waals surface area contributed by atoms with Crippen molar-refractivity contribution in [3.63, 3.8) is 0 Å². The van der Waals surface area contributed by atoms with Crippen molar-refractivity contribution in [1.29, 1.82) is 0 Å². The van der Waals surface area contributed by atoms with Gasteiger partial charge in [0.05, 0.1) is 20.3 Å². The SMILES string of the molecule is CNC(C(C)=O)c1ccc(OC)c(C)c1OC. The summed E-state index contributed by atoms with van der Waals surface area (Å²) < 4.78 is 10.6. The summed E-state index contributed by atoms with van der Waals surface area (Å²) in [6.45, 7) is 3.47. The van der Waals surface area contributed by atoms with Gasteiger partial charge in [0.25, 0.3) is 0 Å². The number of carbonyl (C=O) groups excluding carboxylic acids is 1. The van der Waals surface area contributed by atoms with Gasteiger partial charge in [0.1, 0.15) is 11.5 Å². The Morgan fingerprint density at radius 2 is 1.94 bits per heavy atom. The van der Waals surface area contributed by atoms with Crippen molar-refractivity contribution < 1.29 is 14.3 Å². The van der Waals surface area contributed by atoms with Crippen molar-refractivity contribution in [1.82, 2.24) is 5.32 Å². The van der Waals surface area contributed by atoms with Gasteiger partial charge in [0.2, 0.25) is 0 Å². The molecule has 0 aliphatic heterocycles. The molecule has 1 atom stereocenters. The second-order valence-corrected chi connectivity index (χ2v) is 3.85. The van der Waals surface area contributed by atoms with Crippen LogP contribution in [0.25, 0.3) is 0 Å². The largest absolute Gasteiger partial charge is 0.496 e. The van der Waals surface area contributed by atoms with Gasteiger partial charge in [0, 0.05) is 11.1 Å². The molecule has 0 heterocycles. The minimum atomic E-state index is -0.352. The van der Waals surface area contributed by atoms with Crippen LogP contribution in [-0.4, -0.2) is 27.1 Å². The minimum absolute atomic E-state index is 0.0513. The van der Waals surface area contributed by atoms with Crippen LogP contribution in [0.3, 0.4) is 0 Å². The molecule has 0 bridgehead atoms. The third kappa shape index (κ3) is 2.58. The van der Waals surface area contributed by atoms with E-state index >= 15 is 0 Å². The fraction of sp³-hybridized carbons (Fsp3) is 0.462. The van der Waals surface area contributed by atoms with E-state index in [0.717, 1.165) is 16.9 Å². The summed E-state index contributed by atoms with van der Waals surface area (Å²) in [5.41, 5.74) is 1.73. The Morgan fingerprint density at radius 1 is 1.29 bits per heavy atom. The quantitative estimate of drug-likeness (QED) is 0.849. The predicted octanol–water partition coefficient (Wildman–Crippen LogP) is 1.86. The number of Topliss-reactive ketones (excluding diaryl/α,β-unsaturated/α-hetero) is 1. The highest BCUT2D eigenvalue weighted by molar-refractivity contribution is 5.84. The highest BCUT2D eigenvalue weighted by atomic mass is 16.5. The number of rotatable bonds is 5. The standard InChI is InChI=1S/C13H19NO3/c1-8-11(16-4)7-6-10(13(8)17-5)12(14-3)9(2)15/h6-7,12,14H,1-5H3. The van der Waals surface area contributed by atoms with Crippen LogP contribution in [0.15, 0.2) is 12.1 Å². The number of ether oxygens (including phenoxy) is 2. The Kier molecular flexibility index (Phi) is 4.52. The van der Waals surface area contributed by atoms with Crippen molar-refractivity contribution >= 4 is 5.78 Å². The second-order valence-electron chi connectivity index (χ2n) is 3.85. The van der Waals surface area contributed by atoms with Gasteiger partial charge >= 0.3 is 0 Å². The average Bonchev–Trinajstić information content (AvgIpc) is 2.30. The highest BCUT2D eigenvalue weighted by Crippen LogP contribution is 2.34. The summed E-state index contributed by atoms with van der Waals surface area (Å²) in [5, 5.41) is 2.99. The van der Waals surface area contributed by atoms with Gasteiger partial charge in [-0.2, -0.15) is 0 Å². The van der Waals surface area contributed by atoms with E-state index in [0.29, 0.717) is 5.75 Å². The lowest BCUT2D eigenvalue weighted by Gasteiger charge is -2.19. The van der Waals surface area contributed by atoms with E-state index in [2.05, 4.69) is 5.32 Å². The number of benzene rings is 1.